The topological polar surface area (TPSA) is 93.2 Å². The maximum Gasteiger partial charge on any atom is 0.272 e. The fraction of sp³-hybridized carbons (Fsp3) is 0.333. The highest BCUT2D eigenvalue weighted by Crippen LogP contribution is 2.11. The van der Waals surface area contributed by atoms with Crippen LogP contribution >= 0.6 is 0 Å². The number of rotatable bonds is 6. The molecule has 0 radical (unpaired) electrons. The first-order valence-electron chi connectivity index (χ1n) is 6.92. The van der Waals surface area contributed by atoms with Crippen molar-refractivity contribution in [1.29, 1.82) is 0 Å². The Hall–Kier alpha value is -2.34. The lowest BCUT2D eigenvalue weighted by molar-refractivity contribution is 0.0906. The van der Waals surface area contributed by atoms with Crippen molar-refractivity contribution >= 4 is 11.6 Å². The first-order chi connectivity index (χ1) is 10.2. The quantitative estimate of drug-likeness (QED) is 0.733. The maximum atomic E-state index is 12.3. The van der Waals surface area contributed by atoms with Gasteiger partial charge >= 0.3 is 0 Å². The fourth-order valence-electron chi connectivity index (χ4n) is 2.20. The summed E-state index contributed by atoms with van der Waals surface area (Å²) in [4.78, 5) is 12.3. The lowest BCUT2D eigenvalue weighted by Crippen LogP contribution is -2.40. The molecule has 1 amide bonds. The van der Waals surface area contributed by atoms with Crippen LogP contribution < -0.4 is 11.1 Å². The second-order valence-electron chi connectivity index (χ2n) is 4.81. The number of amides is 1. The molecule has 0 spiro atoms. The summed E-state index contributed by atoms with van der Waals surface area (Å²) in [6, 6.07) is 9.33. The molecule has 1 atom stereocenters. The Morgan fingerprint density at radius 3 is 2.76 bits per heavy atom. The molecule has 112 valence electrons. The number of anilines is 1. The fourth-order valence-corrected chi connectivity index (χ4v) is 2.20. The number of hydrogen-bond donors (Lipinski definition) is 3. The predicted molar refractivity (Wildman–Crippen MR) is 80.8 cm³/mol. The van der Waals surface area contributed by atoms with Gasteiger partial charge in [0.2, 0.25) is 0 Å². The first kappa shape index (κ1) is 15.1. The van der Waals surface area contributed by atoms with E-state index in [9.17, 15) is 9.90 Å². The third-order valence-corrected chi connectivity index (χ3v) is 3.26. The van der Waals surface area contributed by atoms with Crippen LogP contribution in [0.2, 0.25) is 0 Å². The normalized spacial score (nSPS) is 12.1. The minimum absolute atomic E-state index is 0.138. The number of hydrogen-bond acceptors (Lipinski definition) is 4. The Balaban J connectivity index is 2.08. The van der Waals surface area contributed by atoms with E-state index in [-0.39, 0.29) is 18.6 Å². The standard InChI is InChI=1S/C15H20N4O2/c1-2-19-14(13(16)9-17-19)15(21)18-12(10-20)8-11-6-4-3-5-7-11/h3-7,9,12,20H,2,8,10,16H2,1H3,(H,18,21)/t12-/m0/s1. The summed E-state index contributed by atoms with van der Waals surface area (Å²) in [5, 5.41) is 16.3. The maximum absolute atomic E-state index is 12.3. The highest BCUT2D eigenvalue weighted by molar-refractivity contribution is 5.97. The van der Waals surface area contributed by atoms with E-state index in [1.807, 2.05) is 37.3 Å². The van der Waals surface area contributed by atoms with Crippen molar-refractivity contribution in [1.82, 2.24) is 15.1 Å². The van der Waals surface area contributed by atoms with E-state index in [4.69, 9.17) is 5.73 Å². The van der Waals surface area contributed by atoms with Gasteiger partial charge in [-0.25, -0.2) is 0 Å². The van der Waals surface area contributed by atoms with Crippen LogP contribution in [0.5, 0.6) is 0 Å². The Morgan fingerprint density at radius 1 is 1.43 bits per heavy atom. The minimum atomic E-state index is -0.362. The average molecular weight is 288 g/mol. The monoisotopic (exact) mass is 288 g/mol. The van der Waals surface area contributed by atoms with Gasteiger partial charge in [-0.3, -0.25) is 9.48 Å². The third kappa shape index (κ3) is 3.61. The van der Waals surface area contributed by atoms with Crippen LogP contribution in [0.4, 0.5) is 5.69 Å². The van der Waals surface area contributed by atoms with E-state index in [0.29, 0.717) is 24.3 Å². The number of carbonyl (C=O) groups is 1. The molecule has 0 saturated heterocycles. The lowest BCUT2D eigenvalue weighted by atomic mass is 10.1. The van der Waals surface area contributed by atoms with Crippen molar-refractivity contribution in [2.45, 2.75) is 25.9 Å². The molecule has 0 aliphatic rings. The van der Waals surface area contributed by atoms with Crippen LogP contribution in [0.25, 0.3) is 0 Å². The van der Waals surface area contributed by atoms with Gasteiger partial charge in [0.05, 0.1) is 24.5 Å². The summed E-state index contributed by atoms with van der Waals surface area (Å²) in [7, 11) is 0. The molecule has 1 aromatic heterocycles. The number of aliphatic hydroxyl groups is 1. The summed E-state index contributed by atoms with van der Waals surface area (Å²) in [6.07, 6.45) is 2.02. The van der Waals surface area contributed by atoms with Gasteiger partial charge in [0, 0.05) is 6.54 Å². The summed E-state index contributed by atoms with van der Waals surface area (Å²) < 4.78 is 1.54. The molecular formula is C15H20N4O2. The van der Waals surface area contributed by atoms with Crippen molar-refractivity contribution < 1.29 is 9.90 Å². The van der Waals surface area contributed by atoms with E-state index < -0.39 is 0 Å². The summed E-state index contributed by atoms with van der Waals surface area (Å²) in [5.74, 6) is -0.318. The van der Waals surface area contributed by atoms with Gasteiger partial charge in [-0.15, -0.1) is 0 Å². The third-order valence-electron chi connectivity index (χ3n) is 3.26. The number of aromatic nitrogens is 2. The van der Waals surface area contributed by atoms with E-state index in [0.717, 1.165) is 5.56 Å². The molecule has 0 aliphatic carbocycles. The Morgan fingerprint density at radius 2 is 2.14 bits per heavy atom. The highest BCUT2D eigenvalue weighted by atomic mass is 16.3. The number of carbonyl (C=O) groups excluding carboxylic acids is 1. The molecule has 2 rings (SSSR count). The highest BCUT2D eigenvalue weighted by Gasteiger charge is 2.19. The van der Waals surface area contributed by atoms with Gasteiger partial charge in [-0.1, -0.05) is 30.3 Å². The van der Waals surface area contributed by atoms with Crippen molar-refractivity contribution in [3.8, 4) is 0 Å². The molecule has 1 heterocycles. The van der Waals surface area contributed by atoms with Crippen molar-refractivity contribution in [2.75, 3.05) is 12.3 Å². The van der Waals surface area contributed by atoms with Crippen LogP contribution in [0.3, 0.4) is 0 Å². The van der Waals surface area contributed by atoms with Crippen molar-refractivity contribution in [3.63, 3.8) is 0 Å². The van der Waals surface area contributed by atoms with E-state index in [2.05, 4.69) is 10.4 Å². The second-order valence-corrected chi connectivity index (χ2v) is 4.81. The molecule has 6 nitrogen and oxygen atoms in total. The molecule has 0 saturated carbocycles. The number of nitrogens with zero attached hydrogens (tertiary/aromatic N) is 2. The van der Waals surface area contributed by atoms with E-state index >= 15 is 0 Å². The molecule has 0 fully saturated rings. The Labute approximate surface area is 123 Å². The van der Waals surface area contributed by atoms with E-state index in [1.54, 1.807) is 4.68 Å². The molecule has 0 aliphatic heterocycles. The molecule has 4 N–H and O–H groups in total. The SMILES string of the molecule is CCn1ncc(N)c1C(=O)N[C@H](CO)Cc1ccccc1. The van der Waals surface area contributed by atoms with Crippen molar-refractivity contribution in [2.24, 2.45) is 0 Å². The molecule has 6 heteroatoms. The smallest absolute Gasteiger partial charge is 0.272 e. The Bertz CT molecular complexity index is 595. The number of nitrogens with one attached hydrogen (secondary N) is 1. The van der Waals surface area contributed by atoms with Gasteiger partial charge in [0.25, 0.3) is 5.91 Å². The molecule has 21 heavy (non-hydrogen) atoms. The van der Waals surface area contributed by atoms with Crippen molar-refractivity contribution in [3.05, 3.63) is 47.8 Å². The molecule has 0 bridgehead atoms. The van der Waals surface area contributed by atoms with Crippen LogP contribution in [-0.4, -0.2) is 33.4 Å². The zero-order chi connectivity index (χ0) is 15.2. The molecule has 2 aromatic rings. The van der Waals surface area contributed by atoms with Gasteiger partial charge in [0.15, 0.2) is 0 Å². The first-order valence-corrected chi connectivity index (χ1v) is 6.92. The summed E-state index contributed by atoms with van der Waals surface area (Å²) in [6.45, 7) is 2.31. The number of benzene rings is 1. The number of nitrogens with two attached hydrogens (primary N) is 1. The number of aryl methyl sites for hydroxylation is 1. The molecular weight excluding hydrogens is 268 g/mol. The number of aliphatic hydroxyl groups excluding tert-OH is 1. The summed E-state index contributed by atoms with van der Waals surface area (Å²) >= 11 is 0. The van der Waals surface area contributed by atoms with Gasteiger partial charge < -0.3 is 16.2 Å². The van der Waals surface area contributed by atoms with E-state index in [1.165, 1.54) is 6.20 Å². The van der Waals surface area contributed by atoms with Crippen LogP contribution in [0.15, 0.2) is 36.5 Å². The van der Waals surface area contributed by atoms with Crippen LogP contribution in [0, 0.1) is 0 Å². The second kappa shape index (κ2) is 6.90. The minimum Gasteiger partial charge on any atom is -0.396 e. The average Bonchev–Trinajstić information content (AvgIpc) is 2.88. The van der Waals surface area contributed by atoms with Gasteiger partial charge in [0.1, 0.15) is 5.69 Å². The van der Waals surface area contributed by atoms with Crippen LogP contribution in [0.1, 0.15) is 23.0 Å². The van der Waals surface area contributed by atoms with Gasteiger partial charge in [-0.05, 0) is 18.9 Å². The molecule has 1 aromatic carbocycles. The lowest BCUT2D eigenvalue weighted by Gasteiger charge is -2.17. The zero-order valence-corrected chi connectivity index (χ0v) is 12.0. The Kier molecular flexibility index (Phi) is 4.94. The number of nitrogen functional groups attached to an aromatic ring is 1. The summed E-state index contributed by atoms with van der Waals surface area (Å²) in [5.41, 5.74) is 7.51. The van der Waals surface area contributed by atoms with Crippen LogP contribution in [-0.2, 0) is 13.0 Å². The largest absolute Gasteiger partial charge is 0.396 e. The molecule has 0 unspecified atom stereocenters. The van der Waals surface area contributed by atoms with Gasteiger partial charge in [-0.2, -0.15) is 5.10 Å². The predicted octanol–water partition coefficient (Wildman–Crippen LogP) is 0.819. The zero-order valence-electron chi connectivity index (χ0n) is 12.0.